The molecule has 2 N–H and O–H groups in total. The molecule has 106 valence electrons. The first kappa shape index (κ1) is 13.6. The third-order valence-corrected chi connectivity index (χ3v) is 3.97. The van der Waals surface area contributed by atoms with Crippen molar-refractivity contribution in [2.45, 2.75) is 17.7 Å². The summed E-state index contributed by atoms with van der Waals surface area (Å²) in [6, 6.07) is 9.03. The molecule has 3 aromatic rings. The Hall–Kier alpha value is -2.34. The molecule has 0 bridgehead atoms. The summed E-state index contributed by atoms with van der Waals surface area (Å²) in [6.45, 7) is 1.95. The van der Waals surface area contributed by atoms with E-state index in [0.29, 0.717) is 17.1 Å². The van der Waals surface area contributed by atoms with Crippen LogP contribution in [0.2, 0.25) is 0 Å². The quantitative estimate of drug-likeness (QED) is 0.751. The Labute approximate surface area is 125 Å². The second-order valence-electron chi connectivity index (χ2n) is 4.74. The zero-order chi connectivity index (χ0) is 14.8. The van der Waals surface area contributed by atoms with Crippen molar-refractivity contribution in [3.63, 3.8) is 0 Å². The number of nitrogens with zero attached hydrogens (tertiary/aromatic N) is 3. The van der Waals surface area contributed by atoms with Gasteiger partial charge in [0.2, 0.25) is 0 Å². The zero-order valence-electron chi connectivity index (χ0n) is 11.5. The van der Waals surface area contributed by atoms with Crippen LogP contribution in [-0.4, -0.2) is 14.4 Å². The molecule has 0 amide bonds. The molecule has 3 aromatic heterocycles. The molecule has 21 heavy (non-hydrogen) atoms. The van der Waals surface area contributed by atoms with Crippen LogP contribution in [0, 0.1) is 6.92 Å². The van der Waals surface area contributed by atoms with Crippen molar-refractivity contribution in [1.82, 2.24) is 14.4 Å². The Morgan fingerprint density at radius 3 is 2.90 bits per heavy atom. The molecule has 0 spiro atoms. The number of fused-ring (bicyclic) bond motifs is 1. The fourth-order valence-electron chi connectivity index (χ4n) is 1.96. The van der Waals surface area contributed by atoms with Gasteiger partial charge in [-0.2, -0.15) is 0 Å². The molecule has 0 aliphatic carbocycles. The van der Waals surface area contributed by atoms with Crippen LogP contribution in [0.5, 0.6) is 0 Å². The highest BCUT2D eigenvalue weighted by molar-refractivity contribution is 7.98. The summed E-state index contributed by atoms with van der Waals surface area (Å²) in [6.07, 6.45) is 3.41. The Morgan fingerprint density at radius 2 is 2.14 bits per heavy atom. The lowest BCUT2D eigenvalue weighted by molar-refractivity contribution is 1.000. The Morgan fingerprint density at radius 1 is 1.29 bits per heavy atom. The zero-order valence-corrected chi connectivity index (χ0v) is 12.3. The van der Waals surface area contributed by atoms with Gasteiger partial charge in [0.05, 0.1) is 22.6 Å². The largest absolute Gasteiger partial charge is 0.397 e. The molecule has 3 heterocycles. The lowest BCUT2D eigenvalue weighted by atomic mass is 10.3. The predicted octanol–water partition coefficient (Wildman–Crippen LogP) is 2.27. The molecular weight excluding hydrogens is 284 g/mol. The lowest BCUT2D eigenvalue weighted by Crippen LogP contribution is -2.15. The molecule has 5 nitrogen and oxygen atoms in total. The predicted molar refractivity (Wildman–Crippen MR) is 84.4 cm³/mol. The van der Waals surface area contributed by atoms with Gasteiger partial charge in [0.15, 0.2) is 0 Å². The average molecular weight is 298 g/mol. The van der Waals surface area contributed by atoms with E-state index in [9.17, 15) is 4.79 Å². The van der Waals surface area contributed by atoms with Crippen molar-refractivity contribution in [3.05, 3.63) is 64.3 Å². The van der Waals surface area contributed by atoms with Gasteiger partial charge in [0, 0.05) is 18.0 Å². The SMILES string of the molecule is Cc1ccc2nc(CSc3ccc(N)cn3)cc(=O)n2c1. The molecule has 0 saturated carbocycles. The van der Waals surface area contributed by atoms with E-state index in [2.05, 4.69) is 9.97 Å². The van der Waals surface area contributed by atoms with Gasteiger partial charge in [-0.05, 0) is 30.7 Å². The molecular formula is C15H14N4OS. The first-order valence-electron chi connectivity index (χ1n) is 6.45. The van der Waals surface area contributed by atoms with Gasteiger partial charge in [-0.25, -0.2) is 9.97 Å². The smallest absolute Gasteiger partial charge is 0.258 e. The minimum absolute atomic E-state index is 0.0652. The maximum absolute atomic E-state index is 12.1. The summed E-state index contributed by atoms with van der Waals surface area (Å²) in [7, 11) is 0. The van der Waals surface area contributed by atoms with Crippen LogP contribution < -0.4 is 11.3 Å². The van der Waals surface area contributed by atoms with E-state index >= 15 is 0 Å². The van der Waals surface area contributed by atoms with E-state index in [4.69, 9.17) is 5.73 Å². The van der Waals surface area contributed by atoms with Gasteiger partial charge >= 0.3 is 0 Å². The van der Waals surface area contributed by atoms with Crippen LogP contribution in [0.4, 0.5) is 5.69 Å². The maximum atomic E-state index is 12.1. The molecule has 0 saturated heterocycles. The normalized spacial score (nSPS) is 10.9. The topological polar surface area (TPSA) is 73.3 Å². The van der Waals surface area contributed by atoms with Gasteiger partial charge in [0.1, 0.15) is 5.65 Å². The summed E-state index contributed by atoms with van der Waals surface area (Å²) in [4.78, 5) is 20.8. The highest BCUT2D eigenvalue weighted by Crippen LogP contribution is 2.20. The summed E-state index contributed by atoms with van der Waals surface area (Å²) in [5.74, 6) is 0.594. The fourth-order valence-corrected chi connectivity index (χ4v) is 2.69. The monoisotopic (exact) mass is 298 g/mol. The van der Waals surface area contributed by atoms with Gasteiger partial charge in [-0.3, -0.25) is 9.20 Å². The Balaban J connectivity index is 1.86. The minimum Gasteiger partial charge on any atom is -0.397 e. The molecule has 0 aliphatic heterocycles. The molecule has 3 rings (SSSR count). The van der Waals surface area contributed by atoms with Crippen LogP contribution in [-0.2, 0) is 5.75 Å². The number of anilines is 1. The first-order valence-corrected chi connectivity index (χ1v) is 7.44. The van der Waals surface area contributed by atoms with E-state index in [1.165, 1.54) is 11.8 Å². The molecule has 0 atom stereocenters. The Kier molecular flexibility index (Phi) is 3.62. The van der Waals surface area contributed by atoms with Crippen LogP contribution >= 0.6 is 11.8 Å². The molecule has 0 aromatic carbocycles. The van der Waals surface area contributed by atoms with E-state index in [1.54, 1.807) is 28.9 Å². The molecule has 6 heteroatoms. The number of rotatable bonds is 3. The molecule has 0 radical (unpaired) electrons. The number of pyridine rings is 2. The third kappa shape index (κ3) is 3.05. The van der Waals surface area contributed by atoms with E-state index < -0.39 is 0 Å². The van der Waals surface area contributed by atoms with Crippen LogP contribution in [0.3, 0.4) is 0 Å². The molecule has 0 fully saturated rings. The fraction of sp³-hybridized carbons (Fsp3) is 0.133. The second kappa shape index (κ2) is 5.57. The van der Waals surface area contributed by atoms with Crippen molar-refractivity contribution in [1.29, 1.82) is 0 Å². The molecule has 0 unspecified atom stereocenters. The van der Waals surface area contributed by atoms with Gasteiger partial charge < -0.3 is 5.73 Å². The average Bonchev–Trinajstić information content (AvgIpc) is 2.47. The summed E-state index contributed by atoms with van der Waals surface area (Å²) in [5, 5.41) is 0.857. The number of hydrogen-bond donors (Lipinski definition) is 1. The lowest BCUT2D eigenvalue weighted by Gasteiger charge is -2.05. The standard InChI is InChI=1S/C15H14N4OS/c1-10-2-4-13-18-12(6-15(20)19(13)8-10)9-21-14-5-3-11(16)7-17-14/h2-8H,9,16H2,1H3. The van der Waals surface area contributed by atoms with E-state index in [1.807, 2.05) is 25.1 Å². The summed E-state index contributed by atoms with van der Waals surface area (Å²) >= 11 is 1.53. The highest BCUT2D eigenvalue weighted by Gasteiger charge is 2.04. The first-order chi connectivity index (χ1) is 10.1. The van der Waals surface area contributed by atoms with Crippen LogP contribution in [0.15, 0.2) is 52.5 Å². The number of aromatic nitrogens is 3. The maximum Gasteiger partial charge on any atom is 0.258 e. The van der Waals surface area contributed by atoms with Crippen molar-refractivity contribution >= 4 is 23.1 Å². The summed E-state index contributed by atoms with van der Waals surface area (Å²) < 4.78 is 1.56. The van der Waals surface area contributed by atoms with Crippen molar-refractivity contribution in [3.8, 4) is 0 Å². The number of hydrogen-bond acceptors (Lipinski definition) is 5. The van der Waals surface area contributed by atoms with Crippen LogP contribution in [0.1, 0.15) is 11.3 Å². The van der Waals surface area contributed by atoms with Crippen molar-refractivity contribution in [2.24, 2.45) is 0 Å². The van der Waals surface area contributed by atoms with Crippen LogP contribution in [0.25, 0.3) is 5.65 Å². The number of nitrogen functional groups attached to an aromatic ring is 1. The Bertz CT molecular complexity index is 842. The number of aryl methyl sites for hydroxylation is 1. The van der Waals surface area contributed by atoms with Gasteiger partial charge in [0.25, 0.3) is 5.56 Å². The highest BCUT2D eigenvalue weighted by atomic mass is 32.2. The number of nitrogens with two attached hydrogens (primary N) is 1. The van der Waals surface area contributed by atoms with E-state index in [-0.39, 0.29) is 5.56 Å². The van der Waals surface area contributed by atoms with Gasteiger partial charge in [-0.15, -0.1) is 11.8 Å². The van der Waals surface area contributed by atoms with Crippen molar-refractivity contribution < 1.29 is 0 Å². The number of thioether (sulfide) groups is 1. The summed E-state index contributed by atoms with van der Waals surface area (Å²) in [5.41, 5.74) is 8.60. The van der Waals surface area contributed by atoms with Gasteiger partial charge in [-0.1, -0.05) is 6.07 Å². The molecule has 0 aliphatic rings. The second-order valence-corrected chi connectivity index (χ2v) is 5.73. The third-order valence-electron chi connectivity index (χ3n) is 2.99. The van der Waals surface area contributed by atoms with Crippen molar-refractivity contribution in [2.75, 3.05) is 5.73 Å². The minimum atomic E-state index is -0.0652. The van der Waals surface area contributed by atoms with E-state index in [0.717, 1.165) is 16.3 Å².